The third kappa shape index (κ3) is 15.8. The van der Waals surface area contributed by atoms with Gasteiger partial charge in [-0.25, -0.2) is 4.79 Å². The zero-order valence-corrected chi connectivity index (χ0v) is 38.4. The van der Waals surface area contributed by atoms with Crippen LogP contribution in [0.5, 0.6) is 0 Å². The number of nitrogens with zero attached hydrogens (tertiary/aromatic N) is 2. The highest BCUT2D eigenvalue weighted by atomic mass is 35.5. The molecule has 10 atom stereocenters. The molecule has 3 amide bonds. The van der Waals surface area contributed by atoms with Crippen LogP contribution in [0, 0.1) is 10.8 Å². The number of aliphatic hydroxyl groups excluding tert-OH is 5. The number of benzene rings is 2. The third-order valence-electron chi connectivity index (χ3n) is 9.87. The first-order chi connectivity index (χ1) is 28.9. The number of cyclic esters (lactones) is 1. The summed E-state index contributed by atoms with van der Waals surface area (Å²) in [7, 11) is 6.24. The van der Waals surface area contributed by atoms with Crippen LogP contribution in [-0.2, 0) is 33.4 Å². The molecule has 18 nitrogen and oxygen atoms in total. The fraction of sp³-hybridized carbons (Fsp3) is 0.545. The largest absolute Gasteiger partial charge is 0.454 e. The van der Waals surface area contributed by atoms with E-state index >= 15 is 0 Å². The first-order valence-corrected chi connectivity index (χ1v) is 20.2. The Hall–Kier alpha value is -4.63. The number of anilines is 4. The van der Waals surface area contributed by atoms with Crippen LogP contribution in [0.3, 0.4) is 0 Å². The molecule has 19 heteroatoms. The van der Waals surface area contributed by atoms with Gasteiger partial charge in [-0.3, -0.25) is 14.4 Å². The lowest BCUT2D eigenvalue weighted by atomic mass is 9.94. The molecule has 1 fully saturated rings. The SMILES string of the molecule is CN1C[C@H](N)C(=O)Nc2ccccc21.CO[C@@H](C(=O)N[C@H]1CN(C)c2ccccc2NC1=O)[C@H](O)[C@@H](O)[C@H](O)/C=C/C(C)(C)C.CO[C@H]1C(=O)O[C@@H]([C@H](O)/C=C/C(C)(C)C)[C@H]1O.Cl. The number of carbonyl (C=O) groups is 4. The Morgan fingerprint density at radius 3 is 1.81 bits per heavy atom. The van der Waals surface area contributed by atoms with E-state index in [1.54, 1.807) is 31.3 Å². The number of halogens is 1. The molecule has 3 heterocycles. The van der Waals surface area contributed by atoms with Crippen LogP contribution in [0.2, 0.25) is 0 Å². The number of nitrogens with one attached hydrogen (secondary N) is 3. The van der Waals surface area contributed by atoms with E-state index in [2.05, 4.69) is 16.0 Å². The standard InChI is InChI=1S/C22H33N3O6.C12H20O5.C10H13N3O.ClH/c1-22(2,3)11-10-16(26)17(27)18(28)19(31-5)21(30)24-14-12-25(4)15-9-7-6-8-13(15)23-20(14)29;1-12(2,3)6-5-7(13)9-8(14)10(16-4)11(15)17-9;1-13-6-7(11)10(14)12-8-4-2-3-5-9(8)13;/h6-11,14,16-19,26-28H,12H2,1-5H3,(H,23,29)(H,24,30);5-10,13-14H,1-4H3;2-5,7H,6,11H2,1H3,(H,12,14);1H/b11-10+;6-5+;;/t14-,16+,17-,18+,19+;7-,8-,9+,10-;7-;/m010./s1. The Morgan fingerprint density at radius 1 is 0.825 bits per heavy atom. The molecule has 3 aliphatic rings. The zero-order valence-electron chi connectivity index (χ0n) is 37.6. The summed E-state index contributed by atoms with van der Waals surface area (Å²) in [5, 5.41) is 58.6. The van der Waals surface area contributed by atoms with Crippen LogP contribution in [-0.4, -0.2) is 152 Å². The summed E-state index contributed by atoms with van der Waals surface area (Å²) in [4.78, 5) is 51.9. The average molecular weight is 908 g/mol. The van der Waals surface area contributed by atoms with Crippen molar-refractivity contribution >= 4 is 58.8 Å². The number of rotatable bonds is 10. The van der Waals surface area contributed by atoms with Gasteiger partial charge < -0.3 is 71.2 Å². The van der Waals surface area contributed by atoms with Gasteiger partial charge in [0, 0.05) is 41.4 Å². The summed E-state index contributed by atoms with van der Waals surface area (Å²) in [5.74, 6) is -1.96. The number of fused-ring (bicyclic) bond motifs is 2. The molecule has 2 aromatic carbocycles. The lowest BCUT2D eigenvalue weighted by Gasteiger charge is -2.29. The molecule has 5 rings (SSSR count). The lowest BCUT2D eigenvalue weighted by molar-refractivity contribution is -0.151. The van der Waals surface area contributed by atoms with Crippen molar-refractivity contribution in [1.82, 2.24) is 5.32 Å². The van der Waals surface area contributed by atoms with Crippen LogP contribution >= 0.6 is 12.4 Å². The van der Waals surface area contributed by atoms with E-state index in [1.807, 2.05) is 94.8 Å². The van der Waals surface area contributed by atoms with Gasteiger partial charge >= 0.3 is 5.97 Å². The van der Waals surface area contributed by atoms with Crippen molar-refractivity contribution in [3.63, 3.8) is 0 Å². The number of para-hydroxylation sites is 4. The highest BCUT2D eigenvalue weighted by Crippen LogP contribution is 2.29. The second-order valence-corrected chi connectivity index (χ2v) is 17.6. The number of carbonyl (C=O) groups excluding carboxylic acids is 4. The summed E-state index contributed by atoms with van der Waals surface area (Å²) in [5.41, 5.74) is 8.64. The molecule has 352 valence electrons. The lowest BCUT2D eigenvalue weighted by Crippen LogP contribution is -2.56. The molecule has 0 aliphatic carbocycles. The molecule has 10 N–H and O–H groups in total. The molecule has 0 aromatic heterocycles. The number of hydrogen-bond donors (Lipinski definition) is 9. The predicted molar refractivity (Wildman–Crippen MR) is 243 cm³/mol. The first kappa shape index (κ1) is 54.5. The molecule has 63 heavy (non-hydrogen) atoms. The van der Waals surface area contributed by atoms with Gasteiger partial charge in [-0.05, 0) is 35.1 Å². The molecule has 0 radical (unpaired) electrons. The van der Waals surface area contributed by atoms with Gasteiger partial charge in [-0.1, -0.05) is 90.1 Å². The van der Waals surface area contributed by atoms with Crippen molar-refractivity contribution in [2.45, 2.75) is 102 Å². The second kappa shape index (κ2) is 23.9. The number of aliphatic hydroxyl groups is 5. The maximum absolute atomic E-state index is 12.8. The highest BCUT2D eigenvalue weighted by molar-refractivity contribution is 6.02. The maximum Gasteiger partial charge on any atom is 0.338 e. The van der Waals surface area contributed by atoms with Gasteiger partial charge in [0.05, 0.1) is 22.7 Å². The van der Waals surface area contributed by atoms with Crippen LogP contribution in [0.4, 0.5) is 22.7 Å². The smallest absolute Gasteiger partial charge is 0.338 e. The number of esters is 1. The summed E-state index contributed by atoms with van der Waals surface area (Å²) in [6, 6.07) is 13.5. The summed E-state index contributed by atoms with van der Waals surface area (Å²) >= 11 is 0. The Labute approximate surface area is 375 Å². The first-order valence-electron chi connectivity index (χ1n) is 20.2. The minimum Gasteiger partial charge on any atom is -0.454 e. The van der Waals surface area contributed by atoms with Crippen molar-refractivity contribution in [2.75, 3.05) is 61.8 Å². The molecular weight excluding hydrogens is 840 g/mol. The number of nitrogens with two attached hydrogens (primary N) is 1. The Balaban J connectivity index is 0.000000357. The number of hydrogen-bond acceptors (Lipinski definition) is 15. The number of methoxy groups -OCH3 is 2. The van der Waals surface area contributed by atoms with Crippen molar-refractivity contribution in [2.24, 2.45) is 16.6 Å². The van der Waals surface area contributed by atoms with Crippen LogP contribution in [0.25, 0.3) is 0 Å². The zero-order chi connectivity index (χ0) is 46.7. The summed E-state index contributed by atoms with van der Waals surface area (Å²) in [6.45, 7) is 12.4. The molecule has 2 aromatic rings. The summed E-state index contributed by atoms with van der Waals surface area (Å²) in [6.07, 6.45) is -4.04. The van der Waals surface area contributed by atoms with Gasteiger partial charge in [0.2, 0.25) is 11.8 Å². The van der Waals surface area contributed by atoms with E-state index in [4.69, 9.17) is 19.9 Å². The molecular formula is C44H67ClN6O12. The second-order valence-electron chi connectivity index (χ2n) is 17.6. The Kier molecular flexibility index (Phi) is 20.7. The van der Waals surface area contributed by atoms with Gasteiger partial charge in [-0.2, -0.15) is 0 Å². The number of likely N-dealkylation sites (N-methyl/N-ethyl adjacent to an activating group) is 2. The fourth-order valence-corrected chi connectivity index (χ4v) is 6.44. The minimum absolute atomic E-state index is 0. The molecule has 1 saturated heterocycles. The van der Waals surface area contributed by atoms with E-state index in [-0.39, 0.29) is 35.7 Å². The maximum atomic E-state index is 12.8. The number of allylic oxidation sites excluding steroid dienone is 2. The van der Waals surface area contributed by atoms with E-state index in [1.165, 1.54) is 26.4 Å². The van der Waals surface area contributed by atoms with Crippen LogP contribution in [0.15, 0.2) is 72.8 Å². The van der Waals surface area contributed by atoms with Crippen molar-refractivity contribution in [1.29, 1.82) is 0 Å². The number of ether oxygens (including phenoxy) is 3. The highest BCUT2D eigenvalue weighted by Gasteiger charge is 2.47. The molecule has 0 unspecified atom stereocenters. The Morgan fingerprint density at radius 2 is 1.32 bits per heavy atom. The molecule has 0 saturated carbocycles. The summed E-state index contributed by atoms with van der Waals surface area (Å²) < 4.78 is 14.8. The van der Waals surface area contributed by atoms with Gasteiger partial charge in [0.25, 0.3) is 5.91 Å². The van der Waals surface area contributed by atoms with Gasteiger partial charge in [0.15, 0.2) is 18.3 Å². The number of amides is 3. The van der Waals surface area contributed by atoms with Crippen molar-refractivity contribution in [3.8, 4) is 0 Å². The average Bonchev–Trinajstić information content (AvgIpc) is 3.37. The predicted octanol–water partition coefficient (Wildman–Crippen LogP) is 1.33. The monoisotopic (exact) mass is 906 g/mol. The van der Waals surface area contributed by atoms with Gasteiger partial charge in [-0.15, -0.1) is 12.4 Å². The quantitative estimate of drug-likeness (QED) is 0.120. The van der Waals surface area contributed by atoms with E-state index in [9.17, 15) is 44.7 Å². The van der Waals surface area contributed by atoms with E-state index in [0.717, 1.165) is 17.1 Å². The third-order valence-corrected chi connectivity index (χ3v) is 9.87. The fourth-order valence-electron chi connectivity index (χ4n) is 6.44. The molecule has 0 spiro atoms. The van der Waals surface area contributed by atoms with E-state index in [0.29, 0.717) is 12.2 Å². The molecule has 0 bridgehead atoms. The van der Waals surface area contributed by atoms with Crippen LogP contribution < -0.4 is 31.5 Å². The van der Waals surface area contributed by atoms with Crippen molar-refractivity contribution < 1.29 is 58.9 Å². The van der Waals surface area contributed by atoms with E-state index < -0.39 is 78.7 Å². The topological polar surface area (TPSA) is 266 Å². The van der Waals surface area contributed by atoms with Gasteiger partial charge in [0.1, 0.15) is 42.6 Å². The van der Waals surface area contributed by atoms with Crippen LogP contribution in [0.1, 0.15) is 41.5 Å². The Bertz CT molecular complexity index is 1890. The van der Waals surface area contributed by atoms with Crippen molar-refractivity contribution in [3.05, 3.63) is 72.8 Å². The molecule has 3 aliphatic heterocycles. The normalized spacial score (nSPS) is 23.6. The minimum atomic E-state index is -1.71.